The lowest BCUT2D eigenvalue weighted by molar-refractivity contribution is 0.669. The molecule has 0 spiro atoms. The molecule has 1 aromatic heterocycles. The van der Waals surface area contributed by atoms with Crippen LogP contribution in [0.4, 0.5) is 0 Å². The zero-order chi connectivity index (χ0) is 36.3. The van der Waals surface area contributed by atoms with Gasteiger partial charge in [0.15, 0.2) is 0 Å². The van der Waals surface area contributed by atoms with E-state index in [1.807, 2.05) is 0 Å². The second kappa shape index (κ2) is 12.7. The average molecular weight is 699 g/mol. The number of hydrogen-bond donors (Lipinski definition) is 0. The zero-order valence-corrected chi connectivity index (χ0v) is 30.0. The first-order valence-corrected chi connectivity index (χ1v) is 18.9. The third kappa shape index (κ3) is 5.01. The molecule has 0 aliphatic carbocycles. The van der Waals surface area contributed by atoms with E-state index in [0.717, 1.165) is 27.5 Å². The first-order chi connectivity index (χ1) is 27.3. The molecule has 0 aliphatic heterocycles. The monoisotopic (exact) mass is 698 g/mol. The number of furan rings is 1. The Hall–Kier alpha value is -7.22. The number of rotatable bonds is 5. The molecule has 0 fully saturated rings. The molecule has 0 amide bonds. The third-order valence-electron chi connectivity index (χ3n) is 11.3. The van der Waals surface area contributed by atoms with Gasteiger partial charge in [-0.25, -0.2) is 0 Å². The van der Waals surface area contributed by atoms with Crippen molar-refractivity contribution < 1.29 is 4.42 Å². The summed E-state index contributed by atoms with van der Waals surface area (Å²) >= 11 is 0. The van der Waals surface area contributed by atoms with Crippen LogP contribution in [-0.2, 0) is 0 Å². The zero-order valence-electron chi connectivity index (χ0n) is 30.0. The van der Waals surface area contributed by atoms with Crippen LogP contribution in [0, 0.1) is 0 Å². The summed E-state index contributed by atoms with van der Waals surface area (Å²) in [6, 6.07) is 74.6. The average Bonchev–Trinajstić information content (AvgIpc) is 3.66. The van der Waals surface area contributed by atoms with Gasteiger partial charge in [0.25, 0.3) is 0 Å². The summed E-state index contributed by atoms with van der Waals surface area (Å²) in [7, 11) is 0. The maximum Gasteiger partial charge on any atom is 0.136 e. The van der Waals surface area contributed by atoms with Gasteiger partial charge in [0.1, 0.15) is 11.2 Å². The van der Waals surface area contributed by atoms with Crippen LogP contribution in [0.5, 0.6) is 0 Å². The minimum Gasteiger partial charge on any atom is -0.456 e. The van der Waals surface area contributed by atoms with Crippen molar-refractivity contribution in [2.24, 2.45) is 0 Å². The van der Waals surface area contributed by atoms with Gasteiger partial charge >= 0.3 is 0 Å². The Bertz CT molecular complexity index is 3190. The van der Waals surface area contributed by atoms with Gasteiger partial charge < -0.3 is 4.42 Å². The van der Waals surface area contributed by atoms with E-state index < -0.39 is 0 Å². The lowest BCUT2D eigenvalue weighted by atomic mass is 9.83. The molecular weight excluding hydrogens is 665 g/mol. The Kier molecular flexibility index (Phi) is 7.25. The fraction of sp³-hybridized carbons (Fsp3) is 0. The molecule has 0 bridgehead atoms. The number of fused-ring (bicyclic) bond motifs is 6. The van der Waals surface area contributed by atoms with Crippen LogP contribution in [-0.4, -0.2) is 0 Å². The highest BCUT2D eigenvalue weighted by molar-refractivity contribution is 6.28. The molecule has 0 saturated carbocycles. The van der Waals surface area contributed by atoms with Gasteiger partial charge in [-0.3, -0.25) is 0 Å². The summed E-state index contributed by atoms with van der Waals surface area (Å²) in [5.74, 6) is 0. The SMILES string of the molecule is c1ccc(-c2cccc(-c3cccc4oc5cccc(-c6c7ccccc7c(-c7ccc(-c8ccccc8)c8ccccc78)c7ccccc67)c5c34)c2)cc1. The minimum atomic E-state index is 0.888. The molecule has 11 rings (SSSR count). The van der Waals surface area contributed by atoms with Crippen molar-refractivity contribution in [1.29, 1.82) is 0 Å². The molecule has 0 atom stereocenters. The molecule has 0 saturated heterocycles. The smallest absolute Gasteiger partial charge is 0.136 e. The van der Waals surface area contributed by atoms with Crippen molar-refractivity contribution >= 4 is 54.3 Å². The van der Waals surface area contributed by atoms with Gasteiger partial charge in [-0.15, -0.1) is 0 Å². The lowest BCUT2D eigenvalue weighted by Crippen LogP contribution is -1.93. The molecule has 0 aliphatic rings. The Morgan fingerprint density at radius 1 is 0.236 bits per heavy atom. The van der Waals surface area contributed by atoms with Gasteiger partial charge in [-0.05, 0) is 106 Å². The van der Waals surface area contributed by atoms with E-state index in [0.29, 0.717) is 0 Å². The normalized spacial score (nSPS) is 11.6. The molecule has 1 heterocycles. The summed E-state index contributed by atoms with van der Waals surface area (Å²) in [5, 5.41) is 9.68. The van der Waals surface area contributed by atoms with Crippen molar-refractivity contribution in [3.63, 3.8) is 0 Å². The van der Waals surface area contributed by atoms with Crippen LogP contribution in [0.25, 0.3) is 110 Å². The molecule has 11 aromatic rings. The quantitative estimate of drug-likeness (QED) is 0.163. The van der Waals surface area contributed by atoms with E-state index in [1.54, 1.807) is 0 Å². The van der Waals surface area contributed by atoms with Crippen molar-refractivity contribution in [2.45, 2.75) is 0 Å². The predicted octanol–water partition coefficient (Wildman–Crippen LogP) is 15.4. The lowest BCUT2D eigenvalue weighted by Gasteiger charge is -2.20. The van der Waals surface area contributed by atoms with Crippen LogP contribution < -0.4 is 0 Å². The van der Waals surface area contributed by atoms with Gasteiger partial charge in [-0.2, -0.15) is 0 Å². The van der Waals surface area contributed by atoms with Crippen molar-refractivity contribution in [1.82, 2.24) is 0 Å². The molecule has 55 heavy (non-hydrogen) atoms. The highest BCUT2D eigenvalue weighted by Crippen LogP contribution is 2.49. The van der Waals surface area contributed by atoms with Crippen LogP contribution in [0.15, 0.2) is 211 Å². The van der Waals surface area contributed by atoms with Gasteiger partial charge in [0.05, 0.1) is 0 Å². The fourth-order valence-electron chi connectivity index (χ4n) is 8.91. The van der Waals surface area contributed by atoms with Crippen LogP contribution in [0.1, 0.15) is 0 Å². The summed E-state index contributed by atoms with van der Waals surface area (Å²) < 4.78 is 6.70. The molecule has 0 radical (unpaired) electrons. The van der Waals surface area contributed by atoms with E-state index >= 15 is 0 Å². The molecule has 1 nitrogen and oxygen atoms in total. The maximum atomic E-state index is 6.70. The Morgan fingerprint density at radius 2 is 0.655 bits per heavy atom. The number of hydrogen-bond acceptors (Lipinski definition) is 1. The first kappa shape index (κ1) is 31.3. The highest BCUT2D eigenvalue weighted by Gasteiger charge is 2.23. The van der Waals surface area contributed by atoms with Crippen molar-refractivity contribution in [3.8, 4) is 55.6 Å². The summed E-state index contributed by atoms with van der Waals surface area (Å²) in [5.41, 5.74) is 13.9. The number of benzene rings is 10. The van der Waals surface area contributed by atoms with Gasteiger partial charge in [-0.1, -0.05) is 188 Å². The van der Waals surface area contributed by atoms with E-state index in [1.165, 1.54) is 82.4 Å². The van der Waals surface area contributed by atoms with E-state index in [4.69, 9.17) is 4.42 Å². The van der Waals surface area contributed by atoms with E-state index in [-0.39, 0.29) is 0 Å². The fourth-order valence-corrected chi connectivity index (χ4v) is 8.91. The standard InChI is InChI=1S/C54H34O/c1-3-16-35(17-4-1)37-20-13-21-38(34-37)40-28-14-30-49-53(40)54-48(29-15-31-50(54)55-49)52-45-26-11-9-24-43(45)51(44-25-10-12-27-46(44)52)47-33-32-39(36-18-5-2-6-19-36)41-22-7-8-23-42(41)47/h1-34H. The van der Waals surface area contributed by atoms with Gasteiger partial charge in [0, 0.05) is 10.8 Å². The molecule has 10 aromatic carbocycles. The molecule has 0 N–H and O–H groups in total. The van der Waals surface area contributed by atoms with Crippen molar-refractivity contribution in [2.75, 3.05) is 0 Å². The third-order valence-corrected chi connectivity index (χ3v) is 11.3. The Morgan fingerprint density at radius 3 is 1.27 bits per heavy atom. The maximum absolute atomic E-state index is 6.70. The second-order valence-corrected chi connectivity index (χ2v) is 14.3. The van der Waals surface area contributed by atoms with Crippen LogP contribution >= 0.6 is 0 Å². The summed E-state index contributed by atoms with van der Waals surface area (Å²) in [6.07, 6.45) is 0. The Balaban J connectivity index is 1.20. The highest BCUT2D eigenvalue weighted by atomic mass is 16.3. The molecular formula is C54H34O. The van der Waals surface area contributed by atoms with Gasteiger partial charge in [0.2, 0.25) is 0 Å². The molecule has 256 valence electrons. The first-order valence-electron chi connectivity index (χ1n) is 18.9. The second-order valence-electron chi connectivity index (χ2n) is 14.3. The predicted molar refractivity (Wildman–Crippen MR) is 233 cm³/mol. The summed E-state index contributed by atoms with van der Waals surface area (Å²) in [4.78, 5) is 0. The van der Waals surface area contributed by atoms with Crippen molar-refractivity contribution in [3.05, 3.63) is 206 Å². The Labute approximate surface area is 319 Å². The topological polar surface area (TPSA) is 13.1 Å². The molecule has 1 heteroatoms. The largest absolute Gasteiger partial charge is 0.456 e. The van der Waals surface area contributed by atoms with Crippen LogP contribution in [0.3, 0.4) is 0 Å². The van der Waals surface area contributed by atoms with E-state index in [9.17, 15) is 0 Å². The molecule has 0 unspecified atom stereocenters. The van der Waals surface area contributed by atoms with Crippen LogP contribution in [0.2, 0.25) is 0 Å². The van der Waals surface area contributed by atoms with E-state index in [2.05, 4.69) is 206 Å². The minimum absolute atomic E-state index is 0.888. The summed E-state index contributed by atoms with van der Waals surface area (Å²) in [6.45, 7) is 0.